The molecule has 0 atom stereocenters. The summed E-state index contributed by atoms with van der Waals surface area (Å²) in [6.45, 7) is 9.41. The number of amides is 2. The molecule has 238 valence electrons. The Morgan fingerprint density at radius 2 is 1.46 bits per heavy atom. The Kier molecular flexibility index (Phi) is 8.31. The summed E-state index contributed by atoms with van der Waals surface area (Å²) in [7, 11) is 0. The lowest BCUT2D eigenvalue weighted by atomic mass is 9.79. The van der Waals surface area contributed by atoms with Crippen LogP contribution in [0.2, 0.25) is 0 Å². The van der Waals surface area contributed by atoms with Crippen LogP contribution in [0.4, 0.5) is 16.3 Å². The lowest BCUT2D eigenvalue weighted by Crippen LogP contribution is -2.32. The van der Waals surface area contributed by atoms with Gasteiger partial charge in [-0.2, -0.15) is 5.10 Å². The number of rotatable bonds is 7. The first-order valence-electron chi connectivity index (χ1n) is 15.8. The predicted octanol–water partition coefficient (Wildman–Crippen LogP) is 7.15. The number of nitrogens with one attached hydrogen (secondary N) is 2. The second-order valence-electron chi connectivity index (χ2n) is 12.8. The maximum absolute atomic E-state index is 13.2. The predicted molar refractivity (Wildman–Crippen MR) is 179 cm³/mol. The zero-order chi connectivity index (χ0) is 31.7. The van der Waals surface area contributed by atoms with Gasteiger partial charge in [-0.25, -0.2) is 9.48 Å². The summed E-state index contributed by atoms with van der Waals surface area (Å²) in [5.41, 5.74) is 4.37. The molecule has 7 rings (SSSR count). The molecule has 0 aliphatic carbocycles. The molecule has 2 N–H and O–H groups in total. The van der Waals surface area contributed by atoms with E-state index in [0.717, 1.165) is 77.1 Å². The van der Waals surface area contributed by atoms with Crippen LogP contribution in [0.15, 0.2) is 82.7 Å². The Morgan fingerprint density at radius 1 is 0.804 bits per heavy atom. The fourth-order valence-corrected chi connectivity index (χ4v) is 6.97. The van der Waals surface area contributed by atoms with E-state index >= 15 is 0 Å². The molecule has 2 fully saturated rings. The van der Waals surface area contributed by atoms with E-state index in [-0.39, 0.29) is 16.9 Å². The summed E-state index contributed by atoms with van der Waals surface area (Å²) in [6, 6.07) is 21.7. The molecule has 0 saturated carbocycles. The van der Waals surface area contributed by atoms with Crippen molar-refractivity contribution in [2.45, 2.75) is 67.1 Å². The highest BCUT2D eigenvalue weighted by Gasteiger charge is 2.34. The normalized spacial score (nSPS) is 17.5. The number of hydrogen-bond acceptors (Lipinski definition) is 7. The average molecular weight is 638 g/mol. The van der Waals surface area contributed by atoms with E-state index in [9.17, 15) is 4.79 Å². The number of urea groups is 1. The van der Waals surface area contributed by atoms with Gasteiger partial charge in [0.2, 0.25) is 0 Å². The van der Waals surface area contributed by atoms with Crippen molar-refractivity contribution in [1.82, 2.24) is 24.4 Å². The van der Waals surface area contributed by atoms with E-state index < -0.39 is 0 Å². The lowest BCUT2D eigenvalue weighted by Gasteiger charge is -2.31. The monoisotopic (exact) mass is 637 g/mol. The minimum atomic E-state index is -0.329. The standard InChI is InChI=1S/C35H39N7O3S/c1-24-4-8-26(9-5-24)42-31(22-29(40-42)34(2)14-18-44-19-15-34)37-33(43)36-25-6-10-27(11-7-25)46-28-12-13-30-38-39-32(41(30)23-28)35(3)16-20-45-21-17-35/h4-13,22-23H,14-21H2,1-3H3,(H2,36,37,43). The molecular weight excluding hydrogens is 598 g/mol. The summed E-state index contributed by atoms with van der Waals surface area (Å²) in [5, 5.41) is 20.0. The lowest BCUT2D eigenvalue weighted by molar-refractivity contribution is 0.0532. The van der Waals surface area contributed by atoms with Gasteiger partial charge in [-0.3, -0.25) is 9.72 Å². The van der Waals surface area contributed by atoms with Gasteiger partial charge < -0.3 is 14.8 Å². The molecule has 11 heteroatoms. The van der Waals surface area contributed by atoms with Crippen molar-refractivity contribution >= 4 is 34.9 Å². The summed E-state index contributed by atoms with van der Waals surface area (Å²) in [5.74, 6) is 1.60. The highest BCUT2D eigenvalue weighted by molar-refractivity contribution is 7.99. The van der Waals surface area contributed by atoms with E-state index in [1.165, 1.54) is 0 Å². The van der Waals surface area contributed by atoms with Crippen molar-refractivity contribution in [3.05, 3.63) is 90.0 Å². The SMILES string of the molecule is Cc1ccc(-n2nc(C3(C)CCOCC3)cc2NC(=O)Nc2ccc(Sc3ccc4nnc(C5(C)CCOCC5)n4c3)cc2)cc1. The van der Waals surface area contributed by atoms with Gasteiger partial charge in [0.25, 0.3) is 0 Å². The number of carbonyl (C=O) groups excluding carboxylic acids is 1. The van der Waals surface area contributed by atoms with Crippen molar-refractivity contribution in [2.75, 3.05) is 37.1 Å². The molecule has 0 bridgehead atoms. The number of pyridine rings is 1. The van der Waals surface area contributed by atoms with Crippen molar-refractivity contribution < 1.29 is 14.3 Å². The van der Waals surface area contributed by atoms with E-state index in [4.69, 9.17) is 14.6 Å². The number of nitrogens with zero attached hydrogens (tertiary/aromatic N) is 5. The molecule has 5 heterocycles. The third-order valence-electron chi connectivity index (χ3n) is 9.30. The van der Waals surface area contributed by atoms with Gasteiger partial charge in [-0.15, -0.1) is 10.2 Å². The molecule has 0 spiro atoms. The molecule has 2 aromatic carbocycles. The molecule has 2 aliphatic rings. The van der Waals surface area contributed by atoms with Gasteiger partial charge in [0.15, 0.2) is 5.65 Å². The van der Waals surface area contributed by atoms with Gasteiger partial charge in [-0.1, -0.05) is 43.3 Å². The van der Waals surface area contributed by atoms with Crippen LogP contribution in [-0.4, -0.2) is 56.8 Å². The average Bonchev–Trinajstić information content (AvgIpc) is 3.68. The first kappa shape index (κ1) is 30.5. The molecule has 0 unspecified atom stereocenters. The molecule has 46 heavy (non-hydrogen) atoms. The number of fused-ring (bicyclic) bond motifs is 1. The Morgan fingerprint density at radius 3 is 2.15 bits per heavy atom. The summed E-state index contributed by atoms with van der Waals surface area (Å²) < 4.78 is 15.1. The second kappa shape index (κ2) is 12.5. The van der Waals surface area contributed by atoms with Gasteiger partial charge in [0.1, 0.15) is 11.6 Å². The van der Waals surface area contributed by atoms with Crippen molar-refractivity contribution in [3.63, 3.8) is 0 Å². The van der Waals surface area contributed by atoms with Crippen LogP contribution in [0.5, 0.6) is 0 Å². The van der Waals surface area contributed by atoms with Gasteiger partial charge >= 0.3 is 6.03 Å². The molecule has 2 aliphatic heterocycles. The van der Waals surface area contributed by atoms with Crippen LogP contribution in [-0.2, 0) is 20.3 Å². The first-order valence-corrected chi connectivity index (χ1v) is 16.6. The highest BCUT2D eigenvalue weighted by Crippen LogP contribution is 2.37. The van der Waals surface area contributed by atoms with E-state index in [1.807, 2.05) is 65.3 Å². The van der Waals surface area contributed by atoms with Crippen molar-refractivity contribution in [3.8, 4) is 5.69 Å². The minimum absolute atomic E-state index is 0.0585. The van der Waals surface area contributed by atoms with Crippen LogP contribution >= 0.6 is 11.8 Å². The molecular formula is C35H39N7O3S. The minimum Gasteiger partial charge on any atom is -0.381 e. The fraction of sp³-hybridized carbons (Fsp3) is 0.371. The van der Waals surface area contributed by atoms with Gasteiger partial charge in [0.05, 0.1) is 11.4 Å². The number of hydrogen-bond donors (Lipinski definition) is 2. The third-order valence-corrected chi connectivity index (χ3v) is 10.3. The Balaban J connectivity index is 1.05. The van der Waals surface area contributed by atoms with Crippen molar-refractivity contribution in [2.24, 2.45) is 0 Å². The van der Waals surface area contributed by atoms with Crippen LogP contribution in [0, 0.1) is 6.92 Å². The highest BCUT2D eigenvalue weighted by atomic mass is 32.2. The van der Waals surface area contributed by atoms with Crippen LogP contribution in [0.1, 0.15) is 56.6 Å². The summed E-state index contributed by atoms with van der Waals surface area (Å²) in [4.78, 5) is 15.4. The molecule has 2 saturated heterocycles. The zero-order valence-electron chi connectivity index (χ0n) is 26.5. The summed E-state index contributed by atoms with van der Waals surface area (Å²) in [6.07, 6.45) is 5.74. The molecule has 5 aromatic rings. The third kappa shape index (κ3) is 6.27. The molecule has 10 nitrogen and oxygen atoms in total. The van der Waals surface area contributed by atoms with Crippen LogP contribution < -0.4 is 10.6 Å². The van der Waals surface area contributed by atoms with Gasteiger partial charge in [0, 0.05) is 65.0 Å². The zero-order valence-corrected chi connectivity index (χ0v) is 27.3. The first-order chi connectivity index (χ1) is 22.3. The molecule has 2 amide bonds. The maximum atomic E-state index is 13.2. The molecule has 3 aromatic heterocycles. The van der Waals surface area contributed by atoms with E-state index in [0.29, 0.717) is 24.7 Å². The number of carbonyl (C=O) groups is 1. The number of benzene rings is 2. The Labute approximate surface area is 272 Å². The van der Waals surface area contributed by atoms with E-state index in [2.05, 4.69) is 58.3 Å². The Hall–Kier alpha value is -4.19. The number of anilines is 2. The van der Waals surface area contributed by atoms with Gasteiger partial charge in [-0.05, 0) is 81.1 Å². The number of ether oxygens (including phenoxy) is 2. The van der Waals surface area contributed by atoms with Crippen LogP contribution in [0.3, 0.4) is 0 Å². The van der Waals surface area contributed by atoms with Crippen LogP contribution in [0.25, 0.3) is 11.3 Å². The fourth-order valence-electron chi connectivity index (χ4n) is 6.14. The Bertz CT molecular complexity index is 1840. The second-order valence-corrected chi connectivity index (χ2v) is 14.0. The number of aromatic nitrogens is 5. The molecule has 0 radical (unpaired) electrons. The summed E-state index contributed by atoms with van der Waals surface area (Å²) >= 11 is 1.66. The topological polar surface area (TPSA) is 108 Å². The van der Waals surface area contributed by atoms with E-state index in [1.54, 1.807) is 11.8 Å². The number of aryl methyl sites for hydroxylation is 1. The quantitative estimate of drug-likeness (QED) is 0.195. The maximum Gasteiger partial charge on any atom is 0.324 e. The van der Waals surface area contributed by atoms with Crippen molar-refractivity contribution in [1.29, 1.82) is 0 Å². The largest absolute Gasteiger partial charge is 0.381 e. The smallest absolute Gasteiger partial charge is 0.324 e.